The summed E-state index contributed by atoms with van der Waals surface area (Å²) >= 11 is 0. The summed E-state index contributed by atoms with van der Waals surface area (Å²) in [5.41, 5.74) is 5.54. The summed E-state index contributed by atoms with van der Waals surface area (Å²) in [4.78, 5) is 15.0. The van der Waals surface area contributed by atoms with Gasteiger partial charge in [-0.05, 0) is 31.7 Å². The summed E-state index contributed by atoms with van der Waals surface area (Å²) in [5.74, 6) is 0.213. The second-order valence-electron chi connectivity index (χ2n) is 6.13. The first kappa shape index (κ1) is 14.5. The summed E-state index contributed by atoms with van der Waals surface area (Å²) in [7, 11) is 0. The number of carbonyl (C=O) groups is 1. The Hall–Kier alpha value is -1.40. The van der Waals surface area contributed by atoms with Gasteiger partial charge in [-0.15, -0.1) is 0 Å². The van der Waals surface area contributed by atoms with Crippen molar-refractivity contribution >= 4 is 5.91 Å². The lowest BCUT2D eigenvalue weighted by atomic mass is 9.78. The lowest BCUT2D eigenvalue weighted by Gasteiger charge is -2.41. The number of nitrogens with two attached hydrogens (primary N) is 1. The summed E-state index contributed by atoms with van der Waals surface area (Å²) in [6.45, 7) is 3.26. The zero-order valence-electron chi connectivity index (χ0n) is 12.4. The van der Waals surface area contributed by atoms with Crippen LogP contribution >= 0.6 is 0 Å². The van der Waals surface area contributed by atoms with Gasteiger partial charge in [-0.1, -0.05) is 0 Å². The van der Waals surface area contributed by atoms with E-state index in [1.165, 1.54) is 0 Å². The fourth-order valence-corrected chi connectivity index (χ4v) is 3.45. The highest BCUT2D eigenvalue weighted by Crippen LogP contribution is 2.33. The maximum Gasteiger partial charge on any atom is 0.230 e. The number of hydrogen-bond acceptors (Lipinski definition) is 4. The Bertz CT molecular complexity index is 468. The Morgan fingerprint density at radius 3 is 2.90 bits per heavy atom. The van der Waals surface area contributed by atoms with Crippen LogP contribution in [-0.4, -0.2) is 53.4 Å². The number of likely N-dealkylation sites (tertiary alicyclic amines) is 1. The predicted octanol–water partition coefficient (Wildman–Crippen LogP) is 0.802. The number of ether oxygens (including phenoxy) is 1. The van der Waals surface area contributed by atoms with Gasteiger partial charge in [0.2, 0.25) is 5.91 Å². The molecule has 2 aliphatic heterocycles. The molecule has 2 saturated heterocycles. The minimum Gasteiger partial charge on any atom is -0.381 e. The Labute approximate surface area is 125 Å². The summed E-state index contributed by atoms with van der Waals surface area (Å²) in [5, 5.41) is 4.32. The van der Waals surface area contributed by atoms with E-state index in [0.29, 0.717) is 19.8 Å². The molecule has 2 aliphatic rings. The van der Waals surface area contributed by atoms with Crippen LogP contribution in [0.2, 0.25) is 0 Å². The molecule has 0 saturated carbocycles. The molecule has 6 heteroatoms. The van der Waals surface area contributed by atoms with E-state index in [-0.39, 0.29) is 11.9 Å². The number of aromatic nitrogens is 2. The summed E-state index contributed by atoms with van der Waals surface area (Å²) < 4.78 is 7.37. The van der Waals surface area contributed by atoms with Crippen LogP contribution in [0.5, 0.6) is 0 Å². The molecule has 6 nitrogen and oxygen atoms in total. The molecule has 1 aromatic rings. The van der Waals surface area contributed by atoms with Crippen molar-refractivity contribution in [3.63, 3.8) is 0 Å². The second-order valence-corrected chi connectivity index (χ2v) is 6.13. The normalized spacial score (nSPS) is 25.8. The molecule has 0 spiro atoms. The molecular formula is C15H24N4O2. The molecule has 0 aliphatic carbocycles. The number of hydrogen-bond donors (Lipinski definition) is 1. The molecule has 116 valence electrons. The summed E-state index contributed by atoms with van der Waals surface area (Å²) in [6.07, 6.45) is 7.35. The van der Waals surface area contributed by atoms with Gasteiger partial charge in [-0.2, -0.15) is 5.10 Å². The minimum absolute atomic E-state index is 0.213. The molecule has 0 aromatic carbocycles. The van der Waals surface area contributed by atoms with E-state index in [4.69, 9.17) is 10.5 Å². The van der Waals surface area contributed by atoms with E-state index in [2.05, 4.69) is 5.10 Å². The van der Waals surface area contributed by atoms with Gasteiger partial charge in [-0.3, -0.25) is 9.48 Å². The van der Waals surface area contributed by atoms with Crippen molar-refractivity contribution in [2.24, 2.45) is 11.1 Å². The topological polar surface area (TPSA) is 73.4 Å². The molecule has 1 atom stereocenters. The highest BCUT2D eigenvalue weighted by Gasteiger charge is 2.42. The van der Waals surface area contributed by atoms with Crippen LogP contribution in [0.15, 0.2) is 18.5 Å². The van der Waals surface area contributed by atoms with Crippen LogP contribution in [0.25, 0.3) is 0 Å². The van der Waals surface area contributed by atoms with Crippen LogP contribution in [0.3, 0.4) is 0 Å². The number of nitrogens with zero attached hydrogens (tertiary/aromatic N) is 3. The third-order valence-corrected chi connectivity index (χ3v) is 4.88. The quantitative estimate of drug-likeness (QED) is 0.894. The molecule has 3 heterocycles. The minimum atomic E-state index is -0.412. The number of piperidine rings is 1. The van der Waals surface area contributed by atoms with E-state index in [9.17, 15) is 4.79 Å². The average Bonchev–Trinajstić information content (AvgIpc) is 3.09. The van der Waals surface area contributed by atoms with Gasteiger partial charge in [-0.25, -0.2) is 0 Å². The first-order valence-corrected chi connectivity index (χ1v) is 7.81. The largest absolute Gasteiger partial charge is 0.381 e. The van der Waals surface area contributed by atoms with E-state index in [1.54, 1.807) is 6.20 Å². The van der Waals surface area contributed by atoms with Gasteiger partial charge in [0.1, 0.15) is 0 Å². The molecule has 0 radical (unpaired) electrons. The maximum atomic E-state index is 13.0. The van der Waals surface area contributed by atoms with Gasteiger partial charge in [0, 0.05) is 45.2 Å². The molecule has 1 aromatic heterocycles. The van der Waals surface area contributed by atoms with Gasteiger partial charge < -0.3 is 15.4 Å². The Balaban J connectivity index is 1.71. The molecule has 0 bridgehead atoms. The third-order valence-electron chi connectivity index (χ3n) is 4.88. The van der Waals surface area contributed by atoms with Crippen molar-refractivity contribution in [2.45, 2.75) is 31.7 Å². The van der Waals surface area contributed by atoms with Crippen molar-refractivity contribution < 1.29 is 9.53 Å². The summed E-state index contributed by atoms with van der Waals surface area (Å²) in [6, 6.07) is 2.22. The van der Waals surface area contributed by atoms with Crippen LogP contribution in [0.4, 0.5) is 0 Å². The fourth-order valence-electron chi connectivity index (χ4n) is 3.45. The van der Waals surface area contributed by atoms with Gasteiger partial charge in [0.05, 0.1) is 11.5 Å². The highest BCUT2D eigenvalue weighted by molar-refractivity contribution is 5.83. The van der Waals surface area contributed by atoms with Crippen LogP contribution < -0.4 is 5.73 Å². The van der Waals surface area contributed by atoms with Crippen molar-refractivity contribution in [1.29, 1.82) is 0 Å². The van der Waals surface area contributed by atoms with Crippen LogP contribution in [-0.2, 0) is 9.53 Å². The fraction of sp³-hybridized carbons (Fsp3) is 0.733. The Kier molecular flexibility index (Phi) is 4.26. The number of amides is 1. The molecule has 2 fully saturated rings. The van der Waals surface area contributed by atoms with Gasteiger partial charge in [0.25, 0.3) is 0 Å². The Morgan fingerprint density at radius 2 is 2.24 bits per heavy atom. The highest BCUT2D eigenvalue weighted by atomic mass is 16.5. The lowest BCUT2D eigenvalue weighted by molar-refractivity contribution is -0.149. The lowest BCUT2D eigenvalue weighted by Crippen LogP contribution is -2.53. The van der Waals surface area contributed by atoms with E-state index in [0.717, 1.165) is 38.8 Å². The first-order valence-electron chi connectivity index (χ1n) is 7.81. The number of rotatable bonds is 3. The van der Waals surface area contributed by atoms with E-state index < -0.39 is 5.41 Å². The average molecular weight is 292 g/mol. The molecule has 2 N–H and O–H groups in total. The van der Waals surface area contributed by atoms with Gasteiger partial charge >= 0.3 is 0 Å². The molecule has 1 amide bonds. The zero-order valence-corrected chi connectivity index (χ0v) is 12.4. The molecule has 1 unspecified atom stereocenters. The molecule has 3 rings (SSSR count). The standard InChI is InChI=1S/C15H24N4O2/c16-12-15(4-9-21-10-5-15)14(20)18-7-1-3-13(11-18)19-8-2-6-17-19/h2,6,8,13H,1,3-5,7,9-12,16H2. The van der Waals surface area contributed by atoms with E-state index >= 15 is 0 Å². The zero-order chi connectivity index (χ0) is 14.7. The first-order chi connectivity index (χ1) is 10.2. The molecular weight excluding hydrogens is 268 g/mol. The Morgan fingerprint density at radius 1 is 1.43 bits per heavy atom. The van der Waals surface area contributed by atoms with Gasteiger partial charge in [0.15, 0.2) is 0 Å². The molecule has 21 heavy (non-hydrogen) atoms. The predicted molar refractivity (Wildman–Crippen MR) is 78.6 cm³/mol. The number of carbonyl (C=O) groups excluding carboxylic acids is 1. The van der Waals surface area contributed by atoms with Crippen LogP contribution in [0.1, 0.15) is 31.7 Å². The SMILES string of the molecule is NCC1(C(=O)N2CCCC(n3cccn3)C2)CCOCC1. The second kappa shape index (κ2) is 6.15. The van der Waals surface area contributed by atoms with Crippen molar-refractivity contribution in [2.75, 3.05) is 32.8 Å². The van der Waals surface area contributed by atoms with Crippen molar-refractivity contribution in [3.8, 4) is 0 Å². The third kappa shape index (κ3) is 2.82. The monoisotopic (exact) mass is 292 g/mol. The van der Waals surface area contributed by atoms with E-state index in [1.807, 2.05) is 21.8 Å². The van der Waals surface area contributed by atoms with Crippen LogP contribution in [0, 0.1) is 5.41 Å². The van der Waals surface area contributed by atoms with Crippen molar-refractivity contribution in [1.82, 2.24) is 14.7 Å². The van der Waals surface area contributed by atoms with Crippen molar-refractivity contribution in [3.05, 3.63) is 18.5 Å². The smallest absolute Gasteiger partial charge is 0.230 e. The maximum absolute atomic E-state index is 13.0.